The first-order valence-corrected chi connectivity index (χ1v) is 8.13. The van der Waals surface area contributed by atoms with Crippen molar-refractivity contribution in [2.75, 3.05) is 19.8 Å². The molecule has 4 atom stereocenters. The Morgan fingerprint density at radius 2 is 1.79 bits per heavy atom. The fourth-order valence-electron chi connectivity index (χ4n) is 4.45. The highest BCUT2D eigenvalue weighted by molar-refractivity contribution is 4.94. The maximum atomic E-state index is 6.02. The molecule has 1 aliphatic carbocycles. The van der Waals surface area contributed by atoms with Gasteiger partial charge in [0.2, 0.25) is 0 Å². The molecule has 0 radical (unpaired) electrons. The molecule has 4 unspecified atom stereocenters. The van der Waals surface area contributed by atoms with E-state index in [4.69, 9.17) is 9.47 Å². The van der Waals surface area contributed by atoms with Gasteiger partial charge in [-0.25, -0.2) is 0 Å². The third-order valence-electron chi connectivity index (χ3n) is 5.21. The standard InChI is InChI=1S/C16H29NO2/c1-12-7-13(2)9-15(8-12)17-14-3-5-19-16(10-14)4-6-18-11-16/h12-15,17H,3-11H2,1-2H3. The molecule has 1 N–H and O–H groups in total. The van der Waals surface area contributed by atoms with Crippen LogP contribution in [-0.2, 0) is 9.47 Å². The zero-order chi connectivity index (χ0) is 13.3. The topological polar surface area (TPSA) is 30.5 Å². The molecule has 0 aromatic heterocycles. The average Bonchev–Trinajstić information content (AvgIpc) is 2.76. The summed E-state index contributed by atoms with van der Waals surface area (Å²) in [7, 11) is 0. The monoisotopic (exact) mass is 267 g/mol. The van der Waals surface area contributed by atoms with Crippen molar-refractivity contribution in [3.8, 4) is 0 Å². The second-order valence-electron chi connectivity index (χ2n) is 7.30. The molecule has 1 spiro atoms. The van der Waals surface area contributed by atoms with Crippen molar-refractivity contribution < 1.29 is 9.47 Å². The van der Waals surface area contributed by atoms with Crippen LogP contribution >= 0.6 is 0 Å². The summed E-state index contributed by atoms with van der Waals surface area (Å²) >= 11 is 0. The second-order valence-corrected chi connectivity index (χ2v) is 7.30. The van der Waals surface area contributed by atoms with Crippen LogP contribution in [0, 0.1) is 11.8 Å². The summed E-state index contributed by atoms with van der Waals surface area (Å²) in [6.07, 6.45) is 7.51. The van der Waals surface area contributed by atoms with Crippen molar-refractivity contribution in [1.29, 1.82) is 0 Å². The maximum Gasteiger partial charge on any atom is 0.0951 e. The molecule has 0 aromatic rings. The predicted molar refractivity (Wildman–Crippen MR) is 76.2 cm³/mol. The fourth-order valence-corrected chi connectivity index (χ4v) is 4.45. The van der Waals surface area contributed by atoms with Gasteiger partial charge in [0, 0.05) is 31.7 Å². The second kappa shape index (κ2) is 5.71. The summed E-state index contributed by atoms with van der Waals surface area (Å²) in [5.74, 6) is 1.76. The van der Waals surface area contributed by atoms with Crippen LogP contribution < -0.4 is 5.32 Å². The molecule has 3 heteroatoms. The summed E-state index contributed by atoms with van der Waals surface area (Å²) in [5.41, 5.74) is 0.0435. The Balaban J connectivity index is 1.54. The third kappa shape index (κ3) is 3.32. The van der Waals surface area contributed by atoms with Crippen molar-refractivity contribution >= 4 is 0 Å². The summed E-state index contributed by atoms with van der Waals surface area (Å²) < 4.78 is 11.6. The molecular formula is C16H29NO2. The van der Waals surface area contributed by atoms with Gasteiger partial charge in [0.15, 0.2) is 0 Å². The lowest BCUT2D eigenvalue weighted by molar-refractivity contribution is -0.0910. The Bertz CT molecular complexity index is 291. The highest BCUT2D eigenvalue weighted by Crippen LogP contribution is 2.34. The Labute approximate surface area is 117 Å². The van der Waals surface area contributed by atoms with E-state index >= 15 is 0 Å². The predicted octanol–water partition coefficient (Wildman–Crippen LogP) is 2.74. The molecule has 0 amide bonds. The molecule has 3 rings (SSSR count). The summed E-state index contributed by atoms with van der Waals surface area (Å²) in [5, 5.41) is 3.93. The molecule has 2 saturated heterocycles. The molecule has 3 aliphatic rings. The molecule has 3 fully saturated rings. The number of ether oxygens (including phenoxy) is 2. The van der Waals surface area contributed by atoms with E-state index in [-0.39, 0.29) is 5.60 Å². The van der Waals surface area contributed by atoms with Gasteiger partial charge in [0.1, 0.15) is 0 Å². The first-order valence-electron chi connectivity index (χ1n) is 8.13. The number of rotatable bonds is 2. The lowest BCUT2D eigenvalue weighted by Crippen LogP contribution is -2.51. The zero-order valence-electron chi connectivity index (χ0n) is 12.5. The first-order chi connectivity index (χ1) is 9.15. The molecule has 3 nitrogen and oxygen atoms in total. The fraction of sp³-hybridized carbons (Fsp3) is 1.00. The van der Waals surface area contributed by atoms with Gasteiger partial charge < -0.3 is 14.8 Å². The van der Waals surface area contributed by atoms with Gasteiger partial charge in [-0.05, 0) is 43.9 Å². The first kappa shape index (κ1) is 13.8. The van der Waals surface area contributed by atoms with Crippen LogP contribution in [0.2, 0.25) is 0 Å². The van der Waals surface area contributed by atoms with Crippen LogP contribution in [0.5, 0.6) is 0 Å². The van der Waals surface area contributed by atoms with Crippen molar-refractivity contribution in [2.24, 2.45) is 11.8 Å². The Morgan fingerprint density at radius 3 is 2.47 bits per heavy atom. The molecule has 1 saturated carbocycles. The minimum Gasteiger partial charge on any atom is -0.378 e. The zero-order valence-corrected chi connectivity index (χ0v) is 12.5. The third-order valence-corrected chi connectivity index (χ3v) is 5.21. The minimum absolute atomic E-state index is 0.0435. The molecular weight excluding hydrogens is 238 g/mol. The quantitative estimate of drug-likeness (QED) is 0.834. The maximum absolute atomic E-state index is 6.02. The van der Waals surface area contributed by atoms with E-state index in [1.807, 2.05) is 0 Å². The number of nitrogens with one attached hydrogen (secondary N) is 1. The van der Waals surface area contributed by atoms with Crippen LogP contribution in [0.15, 0.2) is 0 Å². The number of hydrogen-bond acceptors (Lipinski definition) is 3. The van der Waals surface area contributed by atoms with Crippen molar-refractivity contribution in [2.45, 2.75) is 70.1 Å². The van der Waals surface area contributed by atoms with Crippen LogP contribution in [-0.4, -0.2) is 37.5 Å². The normalized spacial score (nSPS) is 47.7. The van der Waals surface area contributed by atoms with Gasteiger partial charge in [-0.15, -0.1) is 0 Å². The van der Waals surface area contributed by atoms with E-state index in [1.165, 1.54) is 25.7 Å². The highest BCUT2D eigenvalue weighted by Gasteiger charge is 2.41. The lowest BCUT2D eigenvalue weighted by Gasteiger charge is -2.41. The van der Waals surface area contributed by atoms with E-state index in [1.54, 1.807) is 0 Å². The minimum atomic E-state index is 0.0435. The molecule has 2 heterocycles. The summed E-state index contributed by atoms with van der Waals surface area (Å²) in [4.78, 5) is 0. The van der Waals surface area contributed by atoms with Gasteiger partial charge in [0.25, 0.3) is 0 Å². The van der Waals surface area contributed by atoms with Crippen LogP contribution in [0.25, 0.3) is 0 Å². The van der Waals surface area contributed by atoms with Gasteiger partial charge >= 0.3 is 0 Å². The smallest absolute Gasteiger partial charge is 0.0951 e. The Hall–Kier alpha value is -0.120. The van der Waals surface area contributed by atoms with E-state index < -0.39 is 0 Å². The Kier molecular flexibility index (Phi) is 4.16. The van der Waals surface area contributed by atoms with Gasteiger partial charge in [0.05, 0.1) is 12.2 Å². The van der Waals surface area contributed by atoms with Crippen molar-refractivity contribution in [3.63, 3.8) is 0 Å². The SMILES string of the molecule is CC1CC(C)CC(NC2CCOC3(CCOC3)C2)C1. The van der Waals surface area contributed by atoms with Gasteiger partial charge in [-0.3, -0.25) is 0 Å². The van der Waals surface area contributed by atoms with Crippen LogP contribution in [0.1, 0.15) is 52.4 Å². The van der Waals surface area contributed by atoms with E-state index in [9.17, 15) is 0 Å². The molecule has 0 bridgehead atoms. The lowest BCUT2D eigenvalue weighted by atomic mass is 9.79. The van der Waals surface area contributed by atoms with Crippen molar-refractivity contribution in [1.82, 2.24) is 5.32 Å². The van der Waals surface area contributed by atoms with E-state index in [0.29, 0.717) is 6.04 Å². The largest absolute Gasteiger partial charge is 0.378 e. The molecule has 110 valence electrons. The molecule has 0 aromatic carbocycles. The summed E-state index contributed by atoms with van der Waals surface area (Å²) in [6.45, 7) is 7.40. The van der Waals surface area contributed by atoms with E-state index in [0.717, 1.165) is 50.5 Å². The average molecular weight is 267 g/mol. The van der Waals surface area contributed by atoms with E-state index in [2.05, 4.69) is 19.2 Å². The molecule has 2 aliphatic heterocycles. The highest BCUT2D eigenvalue weighted by atomic mass is 16.6. The van der Waals surface area contributed by atoms with Crippen LogP contribution in [0.3, 0.4) is 0 Å². The van der Waals surface area contributed by atoms with Gasteiger partial charge in [-0.2, -0.15) is 0 Å². The number of hydrogen-bond donors (Lipinski definition) is 1. The molecule has 19 heavy (non-hydrogen) atoms. The van der Waals surface area contributed by atoms with Crippen molar-refractivity contribution in [3.05, 3.63) is 0 Å². The van der Waals surface area contributed by atoms with Crippen LogP contribution in [0.4, 0.5) is 0 Å². The summed E-state index contributed by atoms with van der Waals surface area (Å²) in [6, 6.07) is 1.36. The Morgan fingerprint density at radius 1 is 1.00 bits per heavy atom. The van der Waals surface area contributed by atoms with Gasteiger partial charge in [-0.1, -0.05) is 13.8 Å².